The van der Waals surface area contributed by atoms with Crippen molar-refractivity contribution in [3.63, 3.8) is 0 Å². The van der Waals surface area contributed by atoms with Gasteiger partial charge in [-0.25, -0.2) is 8.78 Å². The number of nitro groups is 1. The molecule has 0 aliphatic rings. The molecule has 8 nitrogen and oxygen atoms in total. The summed E-state index contributed by atoms with van der Waals surface area (Å²) in [6.07, 6.45) is -2.81. The van der Waals surface area contributed by atoms with Gasteiger partial charge in [-0.2, -0.15) is 5.10 Å². The van der Waals surface area contributed by atoms with Crippen molar-refractivity contribution in [1.29, 1.82) is 0 Å². The zero-order valence-corrected chi connectivity index (χ0v) is 17.3. The van der Waals surface area contributed by atoms with E-state index in [9.17, 15) is 23.7 Å². The minimum absolute atomic E-state index is 0.0249. The lowest BCUT2D eigenvalue weighted by Gasteiger charge is -2.11. The van der Waals surface area contributed by atoms with Crippen LogP contribution in [0.25, 0.3) is 0 Å². The van der Waals surface area contributed by atoms with E-state index in [0.717, 1.165) is 16.8 Å². The van der Waals surface area contributed by atoms with Gasteiger partial charge in [0.25, 0.3) is 12.1 Å². The first-order chi connectivity index (χ1) is 14.6. The molecule has 162 valence electrons. The molecular formula is C19H14Cl2F2N4O4. The van der Waals surface area contributed by atoms with Gasteiger partial charge in [0.2, 0.25) is 5.91 Å². The van der Waals surface area contributed by atoms with Crippen LogP contribution in [0.1, 0.15) is 17.8 Å². The molecule has 1 amide bonds. The number of anilines is 1. The lowest BCUT2D eigenvalue weighted by atomic mass is 10.2. The Kier molecular flexibility index (Phi) is 6.71. The Morgan fingerprint density at radius 1 is 1.26 bits per heavy atom. The first kappa shape index (κ1) is 22.4. The van der Waals surface area contributed by atoms with Crippen molar-refractivity contribution < 1.29 is 23.2 Å². The molecule has 2 aromatic carbocycles. The number of hydrogen-bond acceptors (Lipinski definition) is 5. The van der Waals surface area contributed by atoms with Crippen LogP contribution >= 0.6 is 23.2 Å². The molecule has 1 aromatic heterocycles. The van der Waals surface area contributed by atoms with Crippen LogP contribution in [0.5, 0.6) is 11.5 Å². The number of non-ortho nitro benzene ring substituents is 1. The number of halogens is 4. The number of nitro benzene ring substituents is 1. The molecule has 0 fully saturated rings. The molecular weight excluding hydrogens is 457 g/mol. The second-order valence-electron chi connectivity index (χ2n) is 6.37. The molecule has 0 bridgehead atoms. The third kappa shape index (κ3) is 5.68. The van der Waals surface area contributed by atoms with E-state index >= 15 is 0 Å². The van der Waals surface area contributed by atoms with Crippen LogP contribution in [0.2, 0.25) is 10.0 Å². The Hall–Kier alpha value is -3.24. The smallest absolute Gasteiger partial charge is 0.280 e. The highest BCUT2D eigenvalue weighted by Crippen LogP contribution is 2.34. The van der Waals surface area contributed by atoms with Crippen LogP contribution in [0.15, 0.2) is 42.5 Å². The number of alkyl halides is 2. The summed E-state index contributed by atoms with van der Waals surface area (Å²) in [4.78, 5) is 22.9. The van der Waals surface area contributed by atoms with Gasteiger partial charge in [-0.15, -0.1) is 0 Å². The zero-order valence-electron chi connectivity index (χ0n) is 15.8. The van der Waals surface area contributed by atoms with Crippen molar-refractivity contribution in [3.8, 4) is 11.5 Å². The predicted octanol–water partition coefficient (Wildman–Crippen LogP) is 5.78. The average molecular weight is 471 g/mol. The van der Waals surface area contributed by atoms with Crippen molar-refractivity contribution in [3.05, 3.63) is 74.0 Å². The van der Waals surface area contributed by atoms with Crippen LogP contribution in [0, 0.1) is 17.0 Å². The number of rotatable bonds is 7. The summed E-state index contributed by atoms with van der Waals surface area (Å²) in [5, 5.41) is 18.1. The van der Waals surface area contributed by atoms with Gasteiger partial charge in [0.1, 0.15) is 23.7 Å². The summed E-state index contributed by atoms with van der Waals surface area (Å²) in [5.41, 5.74) is -0.412. The summed E-state index contributed by atoms with van der Waals surface area (Å²) in [5.74, 6) is -0.490. The second kappa shape index (κ2) is 9.27. The largest absolute Gasteiger partial charge is 0.455 e. The molecule has 0 radical (unpaired) electrons. The molecule has 3 rings (SSSR count). The first-order valence-corrected chi connectivity index (χ1v) is 9.42. The minimum atomic E-state index is -2.81. The van der Waals surface area contributed by atoms with Gasteiger partial charge in [0.15, 0.2) is 0 Å². The number of ether oxygens (including phenoxy) is 1. The highest BCUT2D eigenvalue weighted by molar-refractivity contribution is 6.35. The van der Waals surface area contributed by atoms with E-state index in [2.05, 4.69) is 10.4 Å². The van der Waals surface area contributed by atoms with Gasteiger partial charge >= 0.3 is 0 Å². The molecule has 0 spiro atoms. The third-order valence-electron chi connectivity index (χ3n) is 3.96. The van der Waals surface area contributed by atoms with Gasteiger partial charge < -0.3 is 10.1 Å². The number of hydrogen-bond donors (Lipinski definition) is 1. The summed E-state index contributed by atoms with van der Waals surface area (Å²) in [7, 11) is 0. The summed E-state index contributed by atoms with van der Waals surface area (Å²) in [6, 6.07) is 9.20. The number of carbonyl (C=O) groups excluding carboxylic acids is 1. The maximum atomic E-state index is 13.1. The number of nitrogens with one attached hydrogen (secondary N) is 1. The number of benzene rings is 2. The van der Waals surface area contributed by atoms with Crippen LogP contribution in [-0.2, 0) is 11.3 Å². The molecule has 0 aliphatic heterocycles. The Bertz CT molecular complexity index is 1150. The molecule has 0 saturated heterocycles. The molecule has 0 aliphatic carbocycles. The van der Waals surface area contributed by atoms with E-state index in [-0.39, 0.29) is 27.9 Å². The van der Waals surface area contributed by atoms with E-state index in [1.54, 1.807) is 0 Å². The molecule has 12 heteroatoms. The first-order valence-electron chi connectivity index (χ1n) is 8.67. The predicted molar refractivity (Wildman–Crippen MR) is 110 cm³/mol. The second-order valence-corrected chi connectivity index (χ2v) is 7.21. The topological polar surface area (TPSA) is 99.3 Å². The SMILES string of the molecule is Cc1cc(C(F)F)n(CC(=O)Nc2cc(Oc3ccc(Cl)cc3Cl)cc([N+](=O)[O-])c2)n1. The molecule has 1 heterocycles. The zero-order chi connectivity index (χ0) is 22.7. The Morgan fingerprint density at radius 3 is 2.65 bits per heavy atom. The average Bonchev–Trinajstić information content (AvgIpc) is 3.04. The molecule has 31 heavy (non-hydrogen) atoms. The fourth-order valence-corrected chi connectivity index (χ4v) is 3.16. The van der Waals surface area contributed by atoms with E-state index in [0.29, 0.717) is 10.7 Å². The van der Waals surface area contributed by atoms with Gasteiger partial charge in [-0.1, -0.05) is 23.2 Å². The third-order valence-corrected chi connectivity index (χ3v) is 4.49. The van der Waals surface area contributed by atoms with Crippen LogP contribution in [0.3, 0.4) is 0 Å². The van der Waals surface area contributed by atoms with Gasteiger partial charge in [-0.05, 0) is 31.2 Å². The molecule has 0 saturated carbocycles. The Morgan fingerprint density at radius 2 is 2.00 bits per heavy atom. The maximum absolute atomic E-state index is 13.1. The van der Waals surface area contributed by atoms with Crippen molar-refractivity contribution >= 4 is 40.5 Å². The fraction of sp³-hybridized carbons (Fsp3) is 0.158. The van der Waals surface area contributed by atoms with E-state index in [1.807, 2.05) is 0 Å². The van der Waals surface area contributed by atoms with Crippen LogP contribution in [-0.4, -0.2) is 20.6 Å². The van der Waals surface area contributed by atoms with E-state index in [1.165, 1.54) is 37.3 Å². The van der Waals surface area contributed by atoms with Crippen LogP contribution < -0.4 is 10.1 Å². The van der Waals surface area contributed by atoms with Crippen LogP contribution in [0.4, 0.5) is 20.2 Å². The Balaban J connectivity index is 1.83. The lowest BCUT2D eigenvalue weighted by Crippen LogP contribution is -2.21. The minimum Gasteiger partial charge on any atom is -0.455 e. The molecule has 3 aromatic rings. The number of amides is 1. The Labute approximate surface area is 184 Å². The highest BCUT2D eigenvalue weighted by Gasteiger charge is 2.19. The molecule has 1 N–H and O–H groups in total. The van der Waals surface area contributed by atoms with Crippen molar-refractivity contribution in [2.75, 3.05) is 5.32 Å². The number of aryl methyl sites for hydroxylation is 1. The quantitative estimate of drug-likeness (QED) is 0.348. The van der Waals surface area contributed by atoms with Gasteiger partial charge in [-0.3, -0.25) is 19.6 Å². The van der Waals surface area contributed by atoms with Gasteiger partial charge in [0.05, 0.1) is 27.4 Å². The van der Waals surface area contributed by atoms with Crippen molar-refractivity contribution in [1.82, 2.24) is 9.78 Å². The fourth-order valence-electron chi connectivity index (χ4n) is 2.71. The number of aromatic nitrogens is 2. The highest BCUT2D eigenvalue weighted by atomic mass is 35.5. The number of nitrogens with zero attached hydrogens (tertiary/aromatic N) is 3. The maximum Gasteiger partial charge on any atom is 0.280 e. The monoisotopic (exact) mass is 470 g/mol. The lowest BCUT2D eigenvalue weighted by molar-refractivity contribution is -0.384. The van der Waals surface area contributed by atoms with Gasteiger partial charge in [0, 0.05) is 17.2 Å². The summed E-state index contributed by atoms with van der Waals surface area (Å²) >= 11 is 11.9. The van der Waals surface area contributed by atoms with Crippen molar-refractivity contribution in [2.45, 2.75) is 19.9 Å². The van der Waals surface area contributed by atoms with Crippen molar-refractivity contribution in [2.24, 2.45) is 0 Å². The van der Waals surface area contributed by atoms with E-state index < -0.39 is 29.5 Å². The standard InChI is InChI=1S/C19H14Cl2F2N4O4/c1-10-4-16(19(22)23)26(25-10)9-18(28)24-12-6-13(27(29)30)8-14(7-12)31-17-3-2-11(20)5-15(17)21/h2-8,19H,9H2,1H3,(H,24,28). The summed E-state index contributed by atoms with van der Waals surface area (Å²) < 4.78 is 32.6. The number of carbonyl (C=O) groups is 1. The summed E-state index contributed by atoms with van der Waals surface area (Å²) in [6.45, 7) is 1.02. The van der Waals surface area contributed by atoms with E-state index in [4.69, 9.17) is 27.9 Å². The normalized spacial score (nSPS) is 10.9. The molecule has 0 unspecified atom stereocenters. The molecule has 0 atom stereocenters.